The van der Waals surface area contributed by atoms with Gasteiger partial charge in [-0.2, -0.15) is 0 Å². The largest absolute Gasteiger partial charge is 0.356 e. The van der Waals surface area contributed by atoms with Crippen molar-refractivity contribution in [3.05, 3.63) is 84.2 Å². The third-order valence-electron chi connectivity index (χ3n) is 4.93. The quantitative estimate of drug-likeness (QED) is 0.492. The minimum absolute atomic E-state index is 0.115. The molecule has 3 heterocycles. The van der Waals surface area contributed by atoms with Crippen LogP contribution in [0.5, 0.6) is 0 Å². The fourth-order valence-corrected chi connectivity index (χ4v) is 3.51. The Hall–Kier alpha value is -3.93. The highest BCUT2D eigenvalue weighted by atomic mass is 16.5. The van der Waals surface area contributed by atoms with Crippen molar-refractivity contribution in [3.8, 4) is 11.3 Å². The van der Waals surface area contributed by atoms with Gasteiger partial charge in [0.05, 0.1) is 6.42 Å². The number of aryl methyl sites for hydroxylation is 1. The molecule has 5 rings (SSSR count). The average molecular weight is 382 g/mol. The number of pyridine rings is 1. The van der Waals surface area contributed by atoms with Crippen molar-refractivity contribution in [2.45, 2.75) is 13.3 Å². The SMILES string of the molecule is Cc1cccn2c(NC(=O)Cc3noc4ccccc34)c(-c3ccccc3)nc12. The van der Waals surface area contributed by atoms with Crippen LogP contribution in [-0.4, -0.2) is 20.4 Å². The lowest BCUT2D eigenvalue weighted by Gasteiger charge is -2.07. The summed E-state index contributed by atoms with van der Waals surface area (Å²) in [6, 6.07) is 21.3. The number of imidazole rings is 1. The van der Waals surface area contributed by atoms with E-state index in [2.05, 4.69) is 10.5 Å². The summed E-state index contributed by atoms with van der Waals surface area (Å²) < 4.78 is 7.23. The van der Waals surface area contributed by atoms with Gasteiger partial charge < -0.3 is 9.84 Å². The van der Waals surface area contributed by atoms with Crippen molar-refractivity contribution in [2.75, 3.05) is 5.32 Å². The number of aromatic nitrogens is 3. The van der Waals surface area contributed by atoms with Crippen LogP contribution in [0, 0.1) is 6.92 Å². The zero-order valence-corrected chi connectivity index (χ0v) is 15.8. The standard InChI is InChI=1S/C23H18N4O2/c1-15-8-7-13-27-22(15)25-21(16-9-3-2-4-10-16)23(27)24-20(28)14-18-17-11-5-6-12-19(17)29-26-18/h2-13H,14H2,1H3,(H,24,28). The first-order chi connectivity index (χ1) is 14.2. The minimum Gasteiger partial charge on any atom is -0.356 e. The summed E-state index contributed by atoms with van der Waals surface area (Å²) in [6.07, 6.45) is 2.02. The van der Waals surface area contributed by atoms with Gasteiger partial charge in [-0.1, -0.05) is 53.7 Å². The number of hydrogen-bond donors (Lipinski definition) is 1. The molecule has 0 bridgehead atoms. The summed E-state index contributed by atoms with van der Waals surface area (Å²) >= 11 is 0. The average Bonchev–Trinajstić information content (AvgIpc) is 3.32. The van der Waals surface area contributed by atoms with E-state index >= 15 is 0 Å². The third kappa shape index (κ3) is 3.04. The molecular weight excluding hydrogens is 364 g/mol. The summed E-state index contributed by atoms with van der Waals surface area (Å²) in [5.41, 5.74) is 4.81. The monoisotopic (exact) mass is 382 g/mol. The number of anilines is 1. The van der Waals surface area contributed by atoms with Crippen LogP contribution in [0.2, 0.25) is 0 Å². The van der Waals surface area contributed by atoms with Crippen LogP contribution in [0.1, 0.15) is 11.3 Å². The maximum atomic E-state index is 12.9. The maximum absolute atomic E-state index is 12.9. The van der Waals surface area contributed by atoms with E-state index in [9.17, 15) is 4.79 Å². The molecule has 0 aliphatic rings. The Morgan fingerprint density at radius 1 is 1.03 bits per heavy atom. The van der Waals surface area contributed by atoms with E-state index in [1.165, 1.54) is 0 Å². The predicted molar refractivity (Wildman–Crippen MR) is 112 cm³/mol. The fraction of sp³-hybridized carbons (Fsp3) is 0.0870. The first-order valence-electron chi connectivity index (χ1n) is 9.37. The highest BCUT2D eigenvalue weighted by Crippen LogP contribution is 2.30. The summed E-state index contributed by atoms with van der Waals surface area (Å²) in [7, 11) is 0. The second kappa shape index (κ2) is 6.91. The van der Waals surface area contributed by atoms with Gasteiger partial charge in [0, 0.05) is 17.1 Å². The van der Waals surface area contributed by atoms with Gasteiger partial charge in [-0.05, 0) is 30.7 Å². The molecule has 1 N–H and O–H groups in total. The number of carbonyl (C=O) groups is 1. The number of amides is 1. The zero-order valence-electron chi connectivity index (χ0n) is 15.8. The summed E-state index contributed by atoms with van der Waals surface area (Å²) in [4.78, 5) is 17.7. The van der Waals surface area contributed by atoms with Crippen LogP contribution in [0.15, 0.2) is 77.4 Å². The molecule has 0 saturated heterocycles. The van der Waals surface area contributed by atoms with Crippen LogP contribution in [0.25, 0.3) is 27.9 Å². The van der Waals surface area contributed by atoms with Crippen molar-refractivity contribution in [1.29, 1.82) is 0 Å². The Balaban J connectivity index is 1.54. The number of nitrogens with one attached hydrogen (secondary N) is 1. The summed E-state index contributed by atoms with van der Waals surface area (Å²) in [5, 5.41) is 7.95. The number of carbonyl (C=O) groups excluding carboxylic acids is 1. The molecule has 2 aromatic carbocycles. The minimum atomic E-state index is -0.176. The van der Waals surface area contributed by atoms with Gasteiger partial charge in [0.2, 0.25) is 5.91 Å². The maximum Gasteiger partial charge on any atom is 0.231 e. The highest BCUT2D eigenvalue weighted by Gasteiger charge is 2.19. The van der Waals surface area contributed by atoms with E-state index in [-0.39, 0.29) is 12.3 Å². The van der Waals surface area contributed by atoms with E-state index in [0.29, 0.717) is 17.1 Å². The molecule has 0 atom stereocenters. The van der Waals surface area contributed by atoms with Crippen LogP contribution >= 0.6 is 0 Å². The number of hydrogen-bond acceptors (Lipinski definition) is 4. The number of para-hydroxylation sites is 1. The molecule has 0 aliphatic carbocycles. The van der Waals surface area contributed by atoms with E-state index in [1.54, 1.807) is 0 Å². The number of fused-ring (bicyclic) bond motifs is 2. The Morgan fingerprint density at radius 3 is 2.69 bits per heavy atom. The molecule has 1 amide bonds. The molecule has 6 nitrogen and oxygen atoms in total. The van der Waals surface area contributed by atoms with Crippen LogP contribution in [0.4, 0.5) is 5.82 Å². The number of rotatable bonds is 4. The Labute approximate surface area is 166 Å². The Morgan fingerprint density at radius 2 is 1.83 bits per heavy atom. The van der Waals surface area contributed by atoms with E-state index in [4.69, 9.17) is 9.51 Å². The number of nitrogens with zero attached hydrogens (tertiary/aromatic N) is 3. The molecule has 6 heteroatoms. The topological polar surface area (TPSA) is 72.4 Å². The van der Waals surface area contributed by atoms with Crippen LogP contribution < -0.4 is 5.32 Å². The molecule has 3 aromatic heterocycles. The van der Waals surface area contributed by atoms with E-state index < -0.39 is 0 Å². The first-order valence-corrected chi connectivity index (χ1v) is 9.37. The molecule has 29 heavy (non-hydrogen) atoms. The summed E-state index contributed by atoms with van der Waals surface area (Å²) in [6.45, 7) is 2.00. The van der Waals surface area contributed by atoms with Crippen molar-refractivity contribution >= 4 is 28.3 Å². The van der Waals surface area contributed by atoms with Crippen LogP contribution in [-0.2, 0) is 11.2 Å². The van der Waals surface area contributed by atoms with E-state index in [1.807, 2.05) is 84.3 Å². The third-order valence-corrected chi connectivity index (χ3v) is 4.93. The lowest BCUT2D eigenvalue weighted by molar-refractivity contribution is -0.115. The second-order valence-electron chi connectivity index (χ2n) is 6.91. The molecule has 0 unspecified atom stereocenters. The van der Waals surface area contributed by atoms with Crippen molar-refractivity contribution < 1.29 is 9.32 Å². The molecule has 0 aliphatic heterocycles. The first kappa shape index (κ1) is 17.2. The molecule has 0 saturated carbocycles. The highest BCUT2D eigenvalue weighted by molar-refractivity contribution is 5.97. The van der Waals surface area contributed by atoms with Gasteiger partial charge in [-0.3, -0.25) is 9.20 Å². The van der Waals surface area contributed by atoms with Gasteiger partial charge in [0.1, 0.15) is 22.9 Å². The van der Waals surface area contributed by atoms with Gasteiger partial charge in [-0.25, -0.2) is 4.98 Å². The fourth-order valence-electron chi connectivity index (χ4n) is 3.51. The van der Waals surface area contributed by atoms with Gasteiger partial charge >= 0.3 is 0 Å². The molecule has 0 fully saturated rings. The predicted octanol–water partition coefficient (Wildman–Crippen LogP) is 4.63. The van der Waals surface area contributed by atoms with Gasteiger partial charge in [0.15, 0.2) is 5.58 Å². The molecular formula is C23H18N4O2. The second-order valence-corrected chi connectivity index (χ2v) is 6.91. The van der Waals surface area contributed by atoms with Crippen LogP contribution in [0.3, 0.4) is 0 Å². The molecule has 5 aromatic rings. The smallest absolute Gasteiger partial charge is 0.231 e. The normalized spacial score (nSPS) is 11.2. The lowest BCUT2D eigenvalue weighted by atomic mass is 10.1. The summed E-state index contributed by atoms with van der Waals surface area (Å²) in [5.74, 6) is 0.470. The van der Waals surface area contributed by atoms with E-state index in [0.717, 1.165) is 27.9 Å². The van der Waals surface area contributed by atoms with Gasteiger partial charge in [-0.15, -0.1) is 0 Å². The van der Waals surface area contributed by atoms with Crippen molar-refractivity contribution in [2.24, 2.45) is 0 Å². The Bertz CT molecular complexity index is 1340. The van der Waals surface area contributed by atoms with Crippen molar-refractivity contribution in [1.82, 2.24) is 14.5 Å². The lowest BCUT2D eigenvalue weighted by Crippen LogP contribution is -2.16. The Kier molecular flexibility index (Phi) is 4.09. The molecule has 0 radical (unpaired) electrons. The van der Waals surface area contributed by atoms with Crippen molar-refractivity contribution in [3.63, 3.8) is 0 Å². The molecule has 142 valence electrons. The zero-order chi connectivity index (χ0) is 19.8. The van der Waals surface area contributed by atoms with Gasteiger partial charge in [0.25, 0.3) is 0 Å². The number of benzene rings is 2. The molecule has 0 spiro atoms.